The van der Waals surface area contributed by atoms with Crippen LogP contribution in [0, 0.1) is 11.2 Å². The molecule has 1 heterocycles. The van der Waals surface area contributed by atoms with Gasteiger partial charge in [0.2, 0.25) is 0 Å². The lowest BCUT2D eigenvalue weighted by Crippen LogP contribution is -2.54. The standard InChI is InChI=1S/C13H19FN2O2/c1-16(7-13(6-15)8-18-9-13)11-5-10(14)3-4-12(11)17-2/h3-5H,6-9,15H2,1-2H3. The Labute approximate surface area is 106 Å². The zero-order valence-electron chi connectivity index (χ0n) is 10.8. The highest BCUT2D eigenvalue weighted by atomic mass is 19.1. The quantitative estimate of drug-likeness (QED) is 0.859. The molecule has 4 nitrogen and oxygen atoms in total. The lowest BCUT2D eigenvalue weighted by Gasteiger charge is -2.43. The van der Waals surface area contributed by atoms with Crippen LogP contribution >= 0.6 is 0 Å². The number of hydrogen-bond acceptors (Lipinski definition) is 4. The third-order valence-electron chi connectivity index (χ3n) is 3.37. The Morgan fingerprint density at radius 2 is 2.22 bits per heavy atom. The summed E-state index contributed by atoms with van der Waals surface area (Å²) in [5.41, 5.74) is 6.50. The summed E-state index contributed by atoms with van der Waals surface area (Å²) in [5.74, 6) is 0.385. The molecule has 1 aromatic carbocycles. The molecular formula is C13H19FN2O2. The van der Waals surface area contributed by atoms with E-state index in [0.717, 1.165) is 12.2 Å². The molecule has 2 rings (SSSR count). The number of nitrogens with two attached hydrogens (primary N) is 1. The molecule has 1 fully saturated rings. The normalized spacial score (nSPS) is 17.1. The average Bonchev–Trinajstić information content (AvgIpc) is 2.33. The van der Waals surface area contributed by atoms with E-state index in [1.807, 2.05) is 11.9 Å². The number of ether oxygens (including phenoxy) is 2. The van der Waals surface area contributed by atoms with Crippen LogP contribution in [0.1, 0.15) is 0 Å². The fourth-order valence-corrected chi connectivity index (χ4v) is 2.21. The number of halogens is 1. The van der Waals surface area contributed by atoms with Gasteiger partial charge in [-0.2, -0.15) is 0 Å². The van der Waals surface area contributed by atoms with Crippen molar-refractivity contribution in [2.24, 2.45) is 11.1 Å². The number of benzene rings is 1. The minimum atomic E-state index is -0.274. The van der Waals surface area contributed by atoms with Crippen LogP contribution in [0.2, 0.25) is 0 Å². The molecule has 0 atom stereocenters. The van der Waals surface area contributed by atoms with Gasteiger partial charge >= 0.3 is 0 Å². The Balaban J connectivity index is 2.17. The van der Waals surface area contributed by atoms with Gasteiger partial charge in [0, 0.05) is 31.6 Å². The molecule has 0 bridgehead atoms. The lowest BCUT2D eigenvalue weighted by atomic mass is 9.85. The van der Waals surface area contributed by atoms with E-state index in [-0.39, 0.29) is 11.2 Å². The van der Waals surface area contributed by atoms with Crippen LogP contribution in [0.4, 0.5) is 10.1 Å². The van der Waals surface area contributed by atoms with Gasteiger partial charge in [0.05, 0.1) is 26.0 Å². The molecule has 0 saturated carbocycles. The molecule has 1 aromatic rings. The summed E-state index contributed by atoms with van der Waals surface area (Å²) in [6, 6.07) is 4.50. The Bertz CT molecular complexity index is 416. The van der Waals surface area contributed by atoms with Crippen LogP contribution in [-0.4, -0.2) is 40.5 Å². The van der Waals surface area contributed by atoms with E-state index in [4.69, 9.17) is 15.2 Å². The maximum atomic E-state index is 13.3. The third-order valence-corrected chi connectivity index (χ3v) is 3.37. The van der Waals surface area contributed by atoms with Crippen LogP contribution in [0.25, 0.3) is 0 Å². The van der Waals surface area contributed by atoms with Gasteiger partial charge in [0.1, 0.15) is 11.6 Å². The zero-order chi connectivity index (χ0) is 13.2. The topological polar surface area (TPSA) is 47.7 Å². The molecule has 0 radical (unpaired) electrons. The van der Waals surface area contributed by atoms with Gasteiger partial charge in [-0.05, 0) is 12.1 Å². The molecule has 1 aliphatic heterocycles. The summed E-state index contributed by atoms with van der Waals surface area (Å²) in [6.45, 7) is 2.61. The molecule has 1 saturated heterocycles. The summed E-state index contributed by atoms with van der Waals surface area (Å²) in [6.07, 6.45) is 0. The SMILES string of the molecule is COc1ccc(F)cc1N(C)CC1(CN)COC1. The third kappa shape index (κ3) is 2.42. The lowest BCUT2D eigenvalue weighted by molar-refractivity contribution is -0.101. The minimum Gasteiger partial charge on any atom is -0.495 e. The minimum absolute atomic E-state index is 0.0217. The van der Waals surface area contributed by atoms with Gasteiger partial charge in [-0.25, -0.2) is 4.39 Å². The predicted octanol–water partition coefficient (Wildman–Crippen LogP) is 1.25. The molecule has 100 valence electrons. The summed E-state index contributed by atoms with van der Waals surface area (Å²) >= 11 is 0. The van der Waals surface area contributed by atoms with Gasteiger partial charge in [0.15, 0.2) is 0 Å². The van der Waals surface area contributed by atoms with Gasteiger partial charge in [-0.3, -0.25) is 0 Å². The Kier molecular flexibility index (Phi) is 3.73. The van der Waals surface area contributed by atoms with Crippen molar-refractivity contribution in [3.63, 3.8) is 0 Å². The van der Waals surface area contributed by atoms with Crippen molar-refractivity contribution in [2.45, 2.75) is 0 Å². The van der Waals surface area contributed by atoms with Crippen LogP contribution in [0.5, 0.6) is 5.75 Å². The Morgan fingerprint density at radius 3 is 2.72 bits per heavy atom. The molecular weight excluding hydrogens is 235 g/mol. The maximum Gasteiger partial charge on any atom is 0.142 e. The van der Waals surface area contributed by atoms with E-state index < -0.39 is 0 Å². The Hall–Kier alpha value is -1.33. The molecule has 1 aliphatic rings. The molecule has 5 heteroatoms. The van der Waals surface area contributed by atoms with Gasteiger partial charge in [-0.1, -0.05) is 0 Å². The summed E-state index contributed by atoms with van der Waals surface area (Å²) in [7, 11) is 3.49. The van der Waals surface area contributed by atoms with E-state index in [0.29, 0.717) is 25.5 Å². The van der Waals surface area contributed by atoms with Crippen molar-refractivity contribution < 1.29 is 13.9 Å². The van der Waals surface area contributed by atoms with Crippen molar-refractivity contribution in [3.8, 4) is 5.75 Å². The monoisotopic (exact) mass is 254 g/mol. The Morgan fingerprint density at radius 1 is 1.50 bits per heavy atom. The largest absolute Gasteiger partial charge is 0.495 e. The second-order valence-electron chi connectivity index (χ2n) is 4.87. The first-order valence-corrected chi connectivity index (χ1v) is 5.93. The highest BCUT2D eigenvalue weighted by Gasteiger charge is 2.38. The van der Waals surface area contributed by atoms with Crippen molar-refractivity contribution >= 4 is 5.69 Å². The molecule has 2 N–H and O–H groups in total. The van der Waals surface area contributed by atoms with E-state index in [9.17, 15) is 4.39 Å². The number of methoxy groups -OCH3 is 1. The molecule has 18 heavy (non-hydrogen) atoms. The fraction of sp³-hybridized carbons (Fsp3) is 0.538. The van der Waals surface area contributed by atoms with Crippen molar-refractivity contribution in [1.29, 1.82) is 0 Å². The molecule has 0 aromatic heterocycles. The van der Waals surface area contributed by atoms with Crippen LogP contribution < -0.4 is 15.4 Å². The fourth-order valence-electron chi connectivity index (χ4n) is 2.21. The molecule has 0 unspecified atom stereocenters. The summed E-state index contributed by atoms with van der Waals surface area (Å²) in [5, 5.41) is 0. The highest BCUT2D eigenvalue weighted by molar-refractivity contribution is 5.58. The zero-order valence-corrected chi connectivity index (χ0v) is 10.8. The summed E-state index contributed by atoms with van der Waals surface area (Å²) < 4.78 is 23.8. The van der Waals surface area contributed by atoms with E-state index in [1.165, 1.54) is 12.1 Å². The first kappa shape index (κ1) is 13.1. The maximum absolute atomic E-state index is 13.3. The van der Waals surface area contributed by atoms with Gasteiger partial charge < -0.3 is 20.1 Å². The first-order valence-electron chi connectivity index (χ1n) is 5.93. The highest BCUT2D eigenvalue weighted by Crippen LogP contribution is 2.33. The van der Waals surface area contributed by atoms with E-state index in [1.54, 1.807) is 13.2 Å². The van der Waals surface area contributed by atoms with Crippen LogP contribution in [0.15, 0.2) is 18.2 Å². The predicted molar refractivity (Wildman–Crippen MR) is 68.5 cm³/mol. The molecule has 0 spiro atoms. The van der Waals surface area contributed by atoms with Crippen LogP contribution in [0.3, 0.4) is 0 Å². The molecule has 0 amide bonds. The number of nitrogens with zero attached hydrogens (tertiary/aromatic N) is 1. The van der Waals surface area contributed by atoms with Crippen LogP contribution in [-0.2, 0) is 4.74 Å². The number of rotatable bonds is 5. The van der Waals surface area contributed by atoms with Crippen molar-refractivity contribution in [1.82, 2.24) is 0 Å². The van der Waals surface area contributed by atoms with Crippen molar-refractivity contribution in [3.05, 3.63) is 24.0 Å². The second-order valence-corrected chi connectivity index (χ2v) is 4.87. The van der Waals surface area contributed by atoms with Gasteiger partial charge in [0.25, 0.3) is 0 Å². The molecule has 0 aliphatic carbocycles. The average molecular weight is 254 g/mol. The van der Waals surface area contributed by atoms with Crippen molar-refractivity contribution in [2.75, 3.05) is 45.4 Å². The van der Waals surface area contributed by atoms with E-state index in [2.05, 4.69) is 0 Å². The number of hydrogen-bond donors (Lipinski definition) is 1. The van der Waals surface area contributed by atoms with Gasteiger partial charge in [-0.15, -0.1) is 0 Å². The summed E-state index contributed by atoms with van der Waals surface area (Å²) in [4.78, 5) is 1.97. The first-order chi connectivity index (χ1) is 8.60. The smallest absolute Gasteiger partial charge is 0.142 e. The van der Waals surface area contributed by atoms with E-state index >= 15 is 0 Å². The second kappa shape index (κ2) is 5.12. The number of anilines is 1.